The molecule has 4 rings (SSSR count). The van der Waals surface area contributed by atoms with Gasteiger partial charge in [-0.05, 0) is 38.1 Å². The molecule has 0 aliphatic carbocycles. The Balaban J connectivity index is 1.61. The van der Waals surface area contributed by atoms with E-state index in [1.54, 1.807) is 59.4 Å². The fraction of sp³-hybridized carbons (Fsp3) is 0.167. The Morgan fingerprint density at radius 1 is 1.06 bits per heavy atom. The molecule has 0 atom stereocenters. The average Bonchev–Trinajstić information content (AvgIpc) is 3.29. The van der Waals surface area contributed by atoms with Crippen LogP contribution in [-0.4, -0.2) is 33.2 Å². The summed E-state index contributed by atoms with van der Waals surface area (Å²) in [5.41, 5.74) is 1.72. The molecular formula is C24H19Cl3N4O3. The average molecular weight is 518 g/mol. The predicted octanol–water partition coefficient (Wildman–Crippen LogP) is 6.43. The highest BCUT2D eigenvalue weighted by Crippen LogP contribution is 2.38. The minimum absolute atomic E-state index is 0.0580. The van der Waals surface area contributed by atoms with Crippen molar-refractivity contribution in [1.29, 1.82) is 0 Å². The first-order valence-electron chi connectivity index (χ1n) is 10.3. The number of amides is 1. The number of hydrogen-bond acceptors (Lipinski definition) is 5. The molecule has 0 saturated heterocycles. The van der Waals surface area contributed by atoms with Crippen molar-refractivity contribution in [2.75, 3.05) is 11.9 Å². The van der Waals surface area contributed by atoms with Gasteiger partial charge in [-0.25, -0.2) is 14.5 Å². The summed E-state index contributed by atoms with van der Waals surface area (Å²) in [4.78, 5) is 30.0. The van der Waals surface area contributed by atoms with Gasteiger partial charge < -0.3 is 10.1 Å². The van der Waals surface area contributed by atoms with Crippen molar-refractivity contribution < 1.29 is 14.3 Å². The molecule has 1 amide bonds. The third kappa shape index (κ3) is 4.87. The lowest BCUT2D eigenvalue weighted by Crippen LogP contribution is -2.23. The maximum atomic E-state index is 13.0. The van der Waals surface area contributed by atoms with E-state index in [0.717, 1.165) is 0 Å². The molecule has 174 valence electrons. The number of para-hydroxylation sites is 1. The lowest BCUT2D eigenvalue weighted by molar-refractivity contribution is -0.119. The summed E-state index contributed by atoms with van der Waals surface area (Å²) in [6.07, 6.45) is 1.58. The Morgan fingerprint density at radius 2 is 1.82 bits per heavy atom. The first-order chi connectivity index (χ1) is 16.3. The molecule has 2 aromatic heterocycles. The SMILES string of the molecule is CC(C)n1nccc1NC(=O)COC(=O)c1cc(-c2ccc(Cl)c(Cl)c2Cl)nc2ccccc12. The van der Waals surface area contributed by atoms with Gasteiger partial charge in [-0.2, -0.15) is 5.10 Å². The molecule has 0 radical (unpaired) electrons. The number of nitrogens with one attached hydrogen (secondary N) is 1. The van der Waals surface area contributed by atoms with Crippen LogP contribution < -0.4 is 5.32 Å². The molecule has 4 aromatic rings. The summed E-state index contributed by atoms with van der Waals surface area (Å²) >= 11 is 18.6. The molecule has 0 bridgehead atoms. The smallest absolute Gasteiger partial charge is 0.339 e. The highest BCUT2D eigenvalue weighted by molar-refractivity contribution is 6.49. The second-order valence-electron chi connectivity index (χ2n) is 7.67. The number of esters is 1. The minimum atomic E-state index is -0.677. The summed E-state index contributed by atoms with van der Waals surface area (Å²) < 4.78 is 6.98. The quantitative estimate of drug-likeness (QED) is 0.235. The van der Waals surface area contributed by atoms with Gasteiger partial charge in [0.1, 0.15) is 5.82 Å². The number of hydrogen-bond donors (Lipinski definition) is 1. The van der Waals surface area contributed by atoms with Gasteiger partial charge in [0, 0.05) is 23.1 Å². The lowest BCUT2D eigenvalue weighted by Gasteiger charge is -2.13. The van der Waals surface area contributed by atoms with Gasteiger partial charge in [0.2, 0.25) is 0 Å². The van der Waals surface area contributed by atoms with Crippen molar-refractivity contribution in [2.24, 2.45) is 0 Å². The normalized spacial score (nSPS) is 11.1. The summed E-state index contributed by atoms with van der Waals surface area (Å²) in [6, 6.07) is 13.7. The van der Waals surface area contributed by atoms with Gasteiger partial charge in [-0.1, -0.05) is 53.0 Å². The molecular weight excluding hydrogens is 499 g/mol. The maximum absolute atomic E-state index is 13.0. The van der Waals surface area contributed by atoms with E-state index in [-0.39, 0.29) is 21.7 Å². The highest BCUT2D eigenvalue weighted by atomic mass is 35.5. The number of benzene rings is 2. The van der Waals surface area contributed by atoms with Crippen molar-refractivity contribution in [2.45, 2.75) is 19.9 Å². The number of ether oxygens (including phenoxy) is 1. The van der Waals surface area contributed by atoms with Crippen LogP contribution in [0.1, 0.15) is 30.2 Å². The van der Waals surface area contributed by atoms with Crippen LogP contribution in [0, 0.1) is 0 Å². The van der Waals surface area contributed by atoms with Crippen LogP contribution in [0.4, 0.5) is 5.82 Å². The Hall–Kier alpha value is -3.13. The molecule has 1 N–H and O–H groups in total. The minimum Gasteiger partial charge on any atom is -0.452 e. The largest absolute Gasteiger partial charge is 0.452 e. The second-order valence-corrected chi connectivity index (χ2v) is 8.84. The number of pyridine rings is 1. The molecule has 0 aliphatic heterocycles. The van der Waals surface area contributed by atoms with Crippen LogP contribution in [0.5, 0.6) is 0 Å². The Labute approximate surface area is 210 Å². The van der Waals surface area contributed by atoms with E-state index in [2.05, 4.69) is 15.4 Å². The maximum Gasteiger partial charge on any atom is 0.339 e. The zero-order chi connectivity index (χ0) is 24.4. The van der Waals surface area contributed by atoms with Gasteiger partial charge in [-0.3, -0.25) is 4.79 Å². The van der Waals surface area contributed by atoms with Crippen LogP contribution in [0.2, 0.25) is 15.1 Å². The molecule has 0 aliphatic rings. The summed E-state index contributed by atoms with van der Waals surface area (Å²) in [5, 5.41) is 8.15. The molecule has 0 fully saturated rings. The monoisotopic (exact) mass is 516 g/mol. The van der Waals surface area contributed by atoms with E-state index in [1.807, 2.05) is 13.8 Å². The standard InChI is InChI=1S/C24H19Cl3N4O3/c1-13(2)31-20(9-10-28-31)30-21(32)12-34-24(33)16-11-19(29-18-6-4-3-5-14(16)18)15-7-8-17(25)23(27)22(15)26/h3-11,13H,12H2,1-2H3,(H,30,32). The van der Waals surface area contributed by atoms with Crippen LogP contribution in [0.25, 0.3) is 22.2 Å². The Kier molecular flexibility index (Phi) is 7.07. The molecule has 7 nitrogen and oxygen atoms in total. The van der Waals surface area contributed by atoms with Gasteiger partial charge in [0.05, 0.1) is 38.0 Å². The van der Waals surface area contributed by atoms with E-state index in [9.17, 15) is 9.59 Å². The summed E-state index contributed by atoms with van der Waals surface area (Å²) in [6.45, 7) is 3.41. The molecule has 0 unspecified atom stereocenters. The molecule has 2 aromatic carbocycles. The zero-order valence-electron chi connectivity index (χ0n) is 18.2. The number of fused-ring (bicyclic) bond motifs is 1. The third-order valence-electron chi connectivity index (χ3n) is 5.01. The number of rotatable bonds is 6. The first kappa shape index (κ1) is 24.0. The van der Waals surface area contributed by atoms with E-state index in [0.29, 0.717) is 33.0 Å². The van der Waals surface area contributed by atoms with E-state index in [4.69, 9.17) is 39.5 Å². The number of carbonyl (C=O) groups excluding carboxylic acids is 2. The first-order valence-corrected chi connectivity index (χ1v) is 11.4. The summed E-state index contributed by atoms with van der Waals surface area (Å²) in [5.74, 6) is -0.646. The fourth-order valence-corrected chi connectivity index (χ4v) is 4.05. The van der Waals surface area contributed by atoms with Crippen molar-refractivity contribution in [3.63, 3.8) is 0 Å². The van der Waals surface area contributed by atoms with E-state index < -0.39 is 18.5 Å². The van der Waals surface area contributed by atoms with Crippen LogP contribution in [0.3, 0.4) is 0 Å². The van der Waals surface area contributed by atoms with Crippen LogP contribution >= 0.6 is 34.8 Å². The number of halogens is 3. The van der Waals surface area contributed by atoms with E-state index in [1.165, 1.54) is 0 Å². The van der Waals surface area contributed by atoms with Crippen LogP contribution in [0.15, 0.2) is 54.7 Å². The highest BCUT2D eigenvalue weighted by Gasteiger charge is 2.19. The Morgan fingerprint density at radius 3 is 2.59 bits per heavy atom. The number of nitrogens with zero attached hydrogens (tertiary/aromatic N) is 3. The topological polar surface area (TPSA) is 86.1 Å². The molecule has 10 heteroatoms. The molecule has 0 spiro atoms. The van der Waals surface area contributed by atoms with Gasteiger partial charge in [0.15, 0.2) is 6.61 Å². The lowest BCUT2D eigenvalue weighted by atomic mass is 10.0. The van der Waals surface area contributed by atoms with Crippen molar-refractivity contribution >= 4 is 63.4 Å². The van der Waals surface area contributed by atoms with E-state index >= 15 is 0 Å². The number of carbonyl (C=O) groups is 2. The van der Waals surface area contributed by atoms with Crippen molar-refractivity contribution in [1.82, 2.24) is 14.8 Å². The second kappa shape index (κ2) is 10.0. The van der Waals surface area contributed by atoms with Crippen molar-refractivity contribution in [3.8, 4) is 11.3 Å². The summed E-state index contributed by atoms with van der Waals surface area (Å²) in [7, 11) is 0. The molecule has 34 heavy (non-hydrogen) atoms. The predicted molar refractivity (Wildman–Crippen MR) is 134 cm³/mol. The third-order valence-corrected chi connectivity index (χ3v) is 6.30. The van der Waals surface area contributed by atoms with Gasteiger partial charge in [-0.15, -0.1) is 0 Å². The van der Waals surface area contributed by atoms with Crippen molar-refractivity contribution in [3.05, 3.63) is 75.4 Å². The number of aromatic nitrogens is 3. The van der Waals surface area contributed by atoms with Crippen LogP contribution in [-0.2, 0) is 9.53 Å². The molecule has 0 saturated carbocycles. The Bertz CT molecular complexity index is 1400. The number of anilines is 1. The zero-order valence-corrected chi connectivity index (χ0v) is 20.4. The molecule has 2 heterocycles. The van der Waals surface area contributed by atoms with Gasteiger partial charge in [0.25, 0.3) is 5.91 Å². The van der Waals surface area contributed by atoms with Gasteiger partial charge >= 0.3 is 5.97 Å². The fourth-order valence-electron chi connectivity index (χ4n) is 3.42.